The third-order valence-corrected chi connectivity index (χ3v) is 4.08. The van der Waals surface area contributed by atoms with E-state index in [2.05, 4.69) is 26.2 Å². The molecule has 2 rings (SSSR count). The molecule has 0 aliphatic rings. The van der Waals surface area contributed by atoms with Crippen LogP contribution in [0.2, 0.25) is 0 Å². The molecule has 134 valence electrons. The molecule has 0 amide bonds. The van der Waals surface area contributed by atoms with E-state index in [1.54, 1.807) is 21.3 Å². The van der Waals surface area contributed by atoms with Gasteiger partial charge in [0.05, 0.1) is 27.9 Å². The molecule has 0 radical (unpaired) electrons. The highest BCUT2D eigenvalue weighted by Crippen LogP contribution is 2.27. The molecule has 7 heteroatoms. The Morgan fingerprint density at radius 2 is 1.68 bits per heavy atom. The van der Waals surface area contributed by atoms with Crippen molar-refractivity contribution in [3.05, 3.63) is 52.0 Å². The molecular weight excluding hydrogens is 386 g/mol. The lowest BCUT2D eigenvalue weighted by Crippen LogP contribution is -2.31. The zero-order valence-electron chi connectivity index (χ0n) is 14.5. The van der Waals surface area contributed by atoms with Gasteiger partial charge in [0.15, 0.2) is 17.5 Å². The van der Waals surface area contributed by atoms with Gasteiger partial charge < -0.3 is 25.3 Å². The van der Waals surface area contributed by atoms with Crippen LogP contribution in [0.4, 0.5) is 0 Å². The van der Waals surface area contributed by atoms with Crippen LogP contribution in [0.3, 0.4) is 0 Å². The van der Waals surface area contributed by atoms with Crippen LogP contribution >= 0.6 is 15.9 Å². The maximum atomic E-state index is 5.96. The predicted octanol–water partition coefficient (Wildman–Crippen LogP) is 3.08. The number of rotatable bonds is 7. The SMILES string of the molecule is COc1ccc(Br)cc1CNC(N)=NCc1ccc(OC)c(OC)c1. The zero-order chi connectivity index (χ0) is 18.2. The van der Waals surface area contributed by atoms with E-state index in [9.17, 15) is 0 Å². The van der Waals surface area contributed by atoms with Crippen LogP contribution in [0.1, 0.15) is 11.1 Å². The van der Waals surface area contributed by atoms with Crippen molar-refractivity contribution in [2.45, 2.75) is 13.1 Å². The summed E-state index contributed by atoms with van der Waals surface area (Å²) in [6, 6.07) is 11.5. The van der Waals surface area contributed by atoms with E-state index in [-0.39, 0.29) is 0 Å². The maximum absolute atomic E-state index is 5.96. The number of halogens is 1. The Kier molecular flexibility index (Phi) is 6.94. The van der Waals surface area contributed by atoms with Gasteiger partial charge in [-0.1, -0.05) is 22.0 Å². The van der Waals surface area contributed by atoms with Gasteiger partial charge in [0, 0.05) is 16.6 Å². The van der Waals surface area contributed by atoms with Crippen molar-refractivity contribution in [2.75, 3.05) is 21.3 Å². The van der Waals surface area contributed by atoms with Crippen LogP contribution in [0.15, 0.2) is 45.9 Å². The summed E-state index contributed by atoms with van der Waals surface area (Å²) in [6.07, 6.45) is 0. The maximum Gasteiger partial charge on any atom is 0.189 e. The molecule has 0 unspecified atom stereocenters. The van der Waals surface area contributed by atoms with Crippen molar-refractivity contribution < 1.29 is 14.2 Å². The third kappa shape index (κ3) is 5.29. The van der Waals surface area contributed by atoms with Crippen molar-refractivity contribution in [3.63, 3.8) is 0 Å². The Hall–Kier alpha value is -2.41. The van der Waals surface area contributed by atoms with Gasteiger partial charge in [-0.3, -0.25) is 0 Å². The second kappa shape index (κ2) is 9.17. The topological polar surface area (TPSA) is 78.1 Å². The molecule has 0 aliphatic carbocycles. The highest BCUT2D eigenvalue weighted by molar-refractivity contribution is 9.10. The number of nitrogens with two attached hydrogens (primary N) is 1. The highest BCUT2D eigenvalue weighted by Gasteiger charge is 2.06. The average Bonchev–Trinajstić information content (AvgIpc) is 2.64. The Morgan fingerprint density at radius 3 is 2.36 bits per heavy atom. The fourth-order valence-corrected chi connectivity index (χ4v) is 2.69. The van der Waals surface area contributed by atoms with Crippen LogP contribution in [0.5, 0.6) is 17.2 Å². The van der Waals surface area contributed by atoms with E-state index in [4.69, 9.17) is 19.9 Å². The second-order valence-corrected chi connectivity index (χ2v) is 6.12. The van der Waals surface area contributed by atoms with E-state index in [0.29, 0.717) is 30.5 Å². The third-order valence-electron chi connectivity index (χ3n) is 3.58. The number of guanidine groups is 1. The lowest BCUT2D eigenvalue weighted by molar-refractivity contribution is 0.354. The van der Waals surface area contributed by atoms with Crippen molar-refractivity contribution in [2.24, 2.45) is 10.7 Å². The number of hydrogen-bond acceptors (Lipinski definition) is 4. The summed E-state index contributed by atoms with van der Waals surface area (Å²) < 4.78 is 16.8. The summed E-state index contributed by atoms with van der Waals surface area (Å²) in [5.41, 5.74) is 7.92. The molecular formula is C18H22BrN3O3. The van der Waals surface area contributed by atoms with Gasteiger partial charge in [0.25, 0.3) is 0 Å². The van der Waals surface area contributed by atoms with Crippen LogP contribution in [-0.4, -0.2) is 27.3 Å². The summed E-state index contributed by atoms with van der Waals surface area (Å²) in [6.45, 7) is 0.957. The predicted molar refractivity (Wildman–Crippen MR) is 102 cm³/mol. The first-order chi connectivity index (χ1) is 12.1. The van der Waals surface area contributed by atoms with E-state index >= 15 is 0 Å². The molecule has 2 aromatic carbocycles. The van der Waals surface area contributed by atoms with Crippen molar-refractivity contribution in [1.29, 1.82) is 0 Å². The van der Waals surface area contributed by atoms with E-state index in [1.165, 1.54) is 0 Å². The summed E-state index contributed by atoms with van der Waals surface area (Å²) >= 11 is 3.45. The van der Waals surface area contributed by atoms with Crippen molar-refractivity contribution in [1.82, 2.24) is 5.32 Å². The van der Waals surface area contributed by atoms with Crippen molar-refractivity contribution >= 4 is 21.9 Å². The highest BCUT2D eigenvalue weighted by atomic mass is 79.9. The van der Waals surface area contributed by atoms with Crippen LogP contribution in [0.25, 0.3) is 0 Å². The van der Waals surface area contributed by atoms with Gasteiger partial charge in [-0.05, 0) is 35.9 Å². The largest absolute Gasteiger partial charge is 0.496 e. The molecule has 0 saturated carbocycles. The number of ether oxygens (including phenoxy) is 3. The molecule has 25 heavy (non-hydrogen) atoms. The summed E-state index contributed by atoms with van der Waals surface area (Å²) in [4.78, 5) is 4.35. The number of benzene rings is 2. The van der Waals surface area contributed by atoms with E-state index in [0.717, 1.165) is 21.3 Å². The molecule has 0 saturated heterocycles. The quantitative estimate of drug-likeness (QED) is 0.544. The number of nitrogens with zero attached hydrogens (tertiary/aromatic N) is 1. The number of aliphatic imine (C=N–C) groups is 1. The van der Waals surface area contributed by atoms with E-state index < -0.39 is 0 Å². The van der Waals surface area contributed by atoms with Crippen LogP contribution < -0.4 is 25.3 Å². The van der Waals surface area contributed by atoms with Gasteiger partial charge in [0.2, 0.25) is 0 Å². The fraction of sp³-hybridized carbons (Fsp3) is 0.278. The molecule has 3 N–H and O–H groups in total. The minimum Gasteiger partial charge on any atom is -0.496 e. The molecule has 6 nitrogen and oxygen atoms in total. The molecule has 0 aliphatic heterocycles. The Balaban J connectivity index is 1.99. The zero-order valence-corrected chi connectivity index (χ0v) is 16.1. The lowest BCUT2D eigenvalue weighted by Gasteiger charge is -2.11. The Morgan fingerprint density at radius 1 is 1.00 bits per heavy atom. The van der Waals surface area contributed by atoms with Gasteiger partial charge >= 0.3 is 0 Å². The molecule has 0 atom stereocenters. The second-order valence-electron chi connectivity index (χ2n) is 5.20. The molecule has 0 aromatic heterocycles. The first-order valence-electron chi connectivity index (χ1n) is 7.64. The minimum atomic E-state index is 0.358. The monoisotopic (exact) mass is 407 g/mol. The number of nitrogens with one attached hydrogen (secondary N) is 1. The van der Waals surface area contributed by atoms with Gasteiger partial charge in [-0.25, -0.2) is 4.99 Å². The van der Waals surface area contributed by atoms with Crippen molar-refractivity contribution in [3.8, 4) is 17.2 Å². The van der Waals surface area contributed by atoms with Gasteiger partial charge in [0.1, 0.15) is 5.75 Å². The normalized spacial score (nSPS) is 11.1. The Bertz CT molecular complexity index is 750. The fourth-order valence-electron chi connectivity index (χ4n) is 2.28. The molecule has 0 bridgehead atoms. The summed E-state index contributed by atoms with van der Waals surface area (Å²) in [7, 11) is 4.85. The molecule has 0 spiro atoms. The minimum absolute atomic E-state index is 0.358. The van der Waals surface area contributed by atoms with Gasteiger partial charge in [-0.2, -0.15) is 0 Å². The smallest absolute Gasteiger partial charge is 0.189 e. The lowest BCUT2D eigenvalue weighted by atomic mass is 10.2. The molecule has 0 fully saturated rings. The number of hydrogen-bond donors (Lipinski definition) is 2. The molecule has 0 heterocycles. The van der Waals surface area contributed by atoms with E-state index in [1.807, 2.05) is 36.4 Å². The first kappa shape index (κ1) is 18.9. The molecule has 2 aromatic rings. The summed E-state index contributed by atoms with van der Waals surface area (Å²) in [5, 5.41) is 3.09. The number of methoxy groups -OCH3 is 3. The first-order valence-corrected chi connectivity index (χ1v) is 8.43. The van der Waals surface area contributed by atoms with Crippen LogP contribution in [0, 0.1) is 0 Å². The standard InChI is InChI=1S/C18H22BrN3O3/c1-23-15-7-5-14(19)9-13(15)11-22-18(20)21-10-12-4-6-16(24-2)17(8-12)25-3/h4-9H,10-11H2,1-3H3,(H3,20,21,22). The average molecular weight is 408 g/mol. The van der Waals surface area contributed by atoms with Gasteiger partial charge in [-0.15, -0.1) is 0 Å². The van der Waals surface area contributed by atoms with Crippen LogP contribution in [-0.2, 0) is 13.1 Å². The summed E-state index contributed by atoms with van der Waals surface area (Å²) in [5.74, 6) is 2.50. The Labute approximate surface area is 156 Å².